The molecule has 1 aliphatic rings. The van der Waals surface area contributed by atoms with Gasteiger partial charge in [-0.15, -0.1) is 0 Å². The van der Waals surface area contributed by atoms with Gasteiger partial charge in [-0.05, 0) is 31.4 Å². The molecule has 1 amide bonds. The maximum Gasteiger partial charge on any atom is 0.326 e. The molecule has 3 rings (SSSR count). The number of ether oxygens (including phenoxy) is 1. The molecule has 0 aliphatic carbocycles. The van der Waals surface area contributed by atoms with Crippen LogP contribution < -0.4 is 0 Å². The van der Waals surface area contributed by atoms with Crippen molar-refractivity contribution in [3.63, 3.8) is 0 Å². The number of hydrogen-bond donors (Lipinski definition) is 3. The Kier molecular flexibility index (Phi) is 7.37. The van der Waals surface area contributed by atoms with E-state index in [-0.39, 0.29) is 54.4 Å². The molecule has 0 bridgehead atoms. The number of carbonyl (C=O) groups is 3. The molecule has 0 spiro atoms. The standard InChI is InChI=1S/C25H27NO7/c1-15(9-11-22(28)33-2)8-10-17-21(27)13-18-19(23(17)29)14-26(24(18)30)20(25(31)32)12-16-6-4-3-5-7-16/h3-7,9,13,20,27,29H,8,10-12,14H2,1-2H3,(H,31,32)/b15-9+/t20-/m0/s1. The second-order valence-corrected chi connectivity index (χ2v) is 8.06. The number of amides is 1. The summed E-state index contributed by atoms with van der Waals surface area (Å²) in [4.78, 5) is 37.4. The Morgan fingerprint density at radius 1 is 1.21 bits per heavy atom. The van der Waals surface area contributed by atoms with Gasteiger partial charge in [-0.25, -0.2) is 4.79 Å². The van der Waals surface area contributed by atoms with E-state index < -0.39 is 17.9 Å². The number of carboxylic acids is 1. The zero-order valence-electron chi connectivity index (χ0n) is 18.6. The fourth-order valence-corrected chi connectivity index (χ4v) is 3.92. The quantitative estimate of drug-likeness (QED) is 0.393. The predicted molar refractivity (Wildman–Crippen MR) is 120 cm³/mol. The van der Waals surface area contributed by atoms with Crippen LogP contribution in [0.5, 0.6) is 11.5 Å². The number of rotatable bonds is 9. The first-order chi connectivity index (χ1) is 15.7. The molecule has 1 atom stereocenters. The number of hydrogen-bond acceptors (Lipinski definition) is 6. The summed E-state index contributed by atoms with van der Waals surface area (Å²) in [7, 11) is 1.31. The molecular formula is C25H27NO7. The first-order valence-electron chi connectivity index (χ1n) is 10.6. The van der Waals surface area contributed by atoms with Gasteiger partial charge in [-0.1, -0.05) is 42.0 Å². The number of benzene rings is 2. The first-order valence-corrected chi connectivity index (χ1v) is 10.6. The molecule has 0 saturated carbocycles. The normalized spacial score (nSPS) is 14.2. The van der Waals surface area contributed by atoms with Gasteiger partial charge in [0.25, 0.3) is 5.91 Å². The lowest BCUT2D eigenvalue weighted by atomic mass is 9.98. The van der Waals surface area contributed by atoms with Crippen LogP contribution in [0.25, 0.3) is 0 Å². The van der Waals surface area contributed by atoms with Crippen LogP contribution in [0.15, 0.2) is 48.0 Å². The molecule has 0 unspecified atom stereocenters. The van der Waals surface area contributed by atoms with Gasteiger partial charge in [0.05, 0.1) is 25.6 Å². The molecule has 33 heavy (non-hydrogen) atoms. The maximum absolute atomic E-state index is 13.0. The monoisotopic (exact) mass is 453 g/mol. The van der Waals surface area contributed by atoms with Gasteiger partial charge in [0.2, 0.25) is 0 Å². The van der Waals surface area contributed by atoms with Gasteiger partial charge < -0.3 is 25.0 Å². The fraction of sp³-hybridized carbons (Fsp3) is 0.320. The van der Waals surface area contributed by atoms with E-state index in [4.69, 9.17) is 0 Å². The summed E-state index contributed by atoms with van der Waals surface area (Å²) in [5.41, 5.74) is 2.35. The van der Waals surface area contributed by atoms with E-state index in [1.54, 1.807) is 30.3 Å². The Morgan fingerprint density at radius 3 is 2.55 bits per heavy atom. The smallest absolute Gasteiger partial charge is 0.326 e. The minimum Gasteiger partial charge on any atom is -0.508 e. The highest BCUT2D eigenvalue weighted by molar-refractivity contribution is 6.01. The summed E-state index contributed by atoms with van der Waals surface area (Å²) in [6.45, 7) is 1.77. The third-order valence-corrected chi connectivity index (χ3v) is 5.85. The van der Waals surface area contributed by atoms with E-state index in [0.717, 1.165) is 11.1 Å². The van der Waals surface area contributed by atoms with Gasteiger partial charge in [-0.3, -0.25) is 9.59 Å². The summed E-state index contributed by atoms with van der Waals surface area (Å²) in [6, 6.07) is 9.19. The number of allylic oxidation sites excluding steroid dienone is 1. The number of nitrogens with zero attached hydrogens (tertiary/aromatic N) is 1. The topological polar surface area (TPSA) is 124 Å². The number of phenolic OH excluding ortho intramolecular Hbond substituents is 2. The zero-order valence-corrected chi connectivity index (χ0v) is 18.6. The summed E-state index contributed by atoms with van der Waals surface area (Å²) in [5, 5.41) is 31.1. The number of aromatic hydroxyl groups is 2. The lowest BCUT2D eigenvalue weighted by molar-refractivity contribution is -0.142. The summed E-state index contributed by atoms with van der Waals surface area (Å²) in [5.74, 6) is -2.47. The van der Waals surface area contributed by atoms with Gasteiger partial charge in [0.15, 0.2) is 0 Å². The number of esters is 1. The minimum atomic E-state index is -1.14. The van der Waals surface area contributed by atoms with Gasteiger partial charge in [0.1, 0.15) is 17.5 Å². The lowest BCUT2D eigenvalue weighted by Crippen LogP contribution is -2.42. The van der Waals surface area contributed by atoms with Crippen LogP contribution in [0.3, 0.4) is 0 Å². The largest absolute Gasteiger partial charge is 0.508 e. The van der Waals surface area contributed by atoms with Gasteiger partial charge in [0, 0.05) is 17.5 Å². The molecular weight excluding hydrogens is 426 g/mol. The Labute approximate surface area is 191 Å². The third-order valence-electron chi connectivity index (χ3n) is 5.85. The summed E-state index contributed by atoms with van der Waals surface area (Å²) >= 11 is 0. The van der Waals surface area contributed by atoms with Crippen molar-refractivity contribution < 1.29 is 34.4 Å². The van der Waals surface area contributed by atoms with E-state index in [1.165, 1.54) is 18.1 Å². The van der Waals surface area contributed by atoms with Crippen LogP contribution in [-0.2, 0) is 33.7 Å². The molecule has 2 aromatic carbocycles. The molecule has 0 saturated heterocycles. The van der Waals surface area contributed by atoms with Crippen LogP contribution in [0.4, 0.5) is 0 Å². The van der Waals surface area contributed by atoms with Crippen LogP contribution in [-0.4, -0.2) is 51.2 Å². The van der Waals surface area contributed by atoms with Crippen LogP contribution >= 0.6 is 0 Å². The molecule has 3 N–H and O–H groups in total. The average Bonchev–Trinajstić information content (AvgIpc) is 3.12. The summed E-state index contributed by atoms with van der Waals surface area (Å²) < 4.78 is 4.60. The molecule has 2 aromatic rings. The maximum atomic E-state index is 13.0. The Morgan fingerprint density at radius 2 is 1.91 bits per heavy atom. The Hall–Kier alpha value is -3.81. The average molecular weight is 453 g/mol. The van der Waals surface area contributed by atoms with Gasteiger partial charge >= 0.3 is 11.9 Å². The number of aliphatic carboxylic acids is 1. The molecule has 8 nitrogen and oxygen atoms in total. The van der Waals surface area contributed by atoms with E-state index in [2.05, 4.69) is 4.74 Å². The SMILES string of the molecule is COC(=O)C/C=C(\C)CCc1c(O)cc2c(c1O)CN([C@@H](Cc1ccccc1)C(=O)O)C2=O. The Balaban J connectivity index is 1.81. The number of carbonyl (C=O) groups excluding carboxylic acids is 2. The number of fused-ring (bicyclic) bond motifs is 1. The first kappa shape index (κ1) is 23.8. The van der Waals surface area contributed by atoms with E-state index >= 15 is 0 Å². The zero-order chi connectivity index (χ0) is 24.1. The highest BCUT2D eigenvalue weighted by Gasteiger charge is 2.39. The van der Waals surface area contributed by atoms with E-state index in [1.807, 2.05) is 13.0 Å². The van der Waals surface area contributed by atoms with Crippen molar-refractivity contribution in [1.82, 2.24) is 4.90 Å². The van der Waals surface area contributed by atoms with Crippen LogP contribution in [0, 0.1) is 0 Å². The van der Waals surface area contributed by atoms with Crippen molar-refractivity contribution in [3.8, 4) is 11.5 Å². The minimum absolute atomic E-state index is 0.0613. The van der Waals surface area contributed by atoms with Crippen molar-refractivity contribution in [2.75, 3.05) is 7.11 Å². The molecule has 0 radical (unpaired) electrons. The predicted octanol–water partition coefficient (Wildman–Crippen LogP) is 3.19. The number of phenols is 2. The van der Waals surface area contributed by atoms with Crippen LogP contribution in [0.2, 0.25) is 0 Å². The van der Waals surface area contributed by atoms with E-state index in [9.17, 15) is 29.7 Å². The van der Waals surface area contributed by atoms with Crippen molar-refractivity contribution in [3.05, 3.63) is 70.3 Å². The van der Waals surface area contributed by atoms with Crippen LogP contribution in [0.1, 0.15) is 46.8 Å². The molecule has 174 valence electrons. The lowest BCUT2D eigenvalue weighted by Gasteiger charge is -2.24. The fourth-order valence-electron chi connectivity index (χ4n) is 3.92. The molecule has 1 heterocycles. The molecule has 1 aliphatic heterocycles. The second kappa shape index (κ2) is 10.2. The molecule has 0 aromatic heterocycles. The van der Waals surface area contributed by atoms with Crippen molar-refractivity contribution in [2.45, 2.75) is 45.2 Å². The van der Waals surface area contributed by atoms with Crippen molar-refractivity contribution in [1.29, 1.82) is 0 Å². The van der Waals surface area contributed by atoms with Crippen molar-refractivity contribution in [2.24, 2.45) is 0 Å². The third kappa shape index (κ3) is 5.34. The number of carboxylic acid groups (broad SMARTS) is 1. The second-order valence-electron chi connectivity index (χ2n) is 8.06. The number of methoxy groups -OCH3 is 1. The Bertz CT molecular complexity index is 1090. The highest BCUT2D eigenvalue weighted by atomic mass is 16.5. The molecule has 0 fully saturated rings. The van der Waals surface area contributed by atoms with E-state index in [0.29, 0.717) is 12.0 Å². The molecule has 8 heteroatoms. The summed E-state index contributed by atoms with van der Waals surface area (Å²) in [6.07, 6.45) is 2.74. The highest BCUT2D eigenvalue weighted by Crippen LogP contribution is 2.40. The van der Waals surface area contributed by atoms with Gasteiger partial charge in [-0.2, -0.15) is 0 Å². The van der Waals surface area contributed by atoms with Crippen molar-refractivity contribution >= 4 is 17.8 Å².